The van der Waals surface area contributed by atoms with E-state index in [9.17, 15) is 9.59 Å². The van der Waals surface area contributed by atoms with Gasteiger partial charge in [-0.3, -0.25) is 14.3 Å². The van der Waals surface area contributed by atoms with E-state index in [1.165, 1.54) is 22.8 Å². The van der Waals surface area contributed by atoms with Crippen molar-refractivity contribution in [1.29, 1.82) is 0 Å². The smallest absolute Gasteiger partial charge is 0.352 e. The highest BCUT2D eigenvalue weighted by Gasteiger charge is 2.10. The summed E-state index contributed by atoms with van der Waals surface area (Å²) in [6.45, 7) is 0.155. The fourth-order valence-electron chi connectivity index (χ4n) is 1.52. The van der Waals surface area contributed by atoms with E-state index >= 15 is 0 Å². The summed E-state index contributed by atoms with van der Waals surface area (Å²) in [5.41, 5.74) is 0.252. The first-order valence-electron chi connectivity index (χ1n) is 5.01. The Morgan fingerprint density at radius 2 is 2.06 bits per heavy atom. The van der Waals surface area contributed by atoms with Gasteiger partial charge in [-0.2, -0.15) is 0 Å². The Morgan fingerprint density at radius 1 is 1.24 bits per heavy atom. The van der Waals surface area contributed by atoms with Crippen molar-refractivity contribution >= 4 is 5.97 Å². The summed E-state index contributed by atoms with van der Waals surface area (Å²) in [6.07, 6.45) is 1.60. The van der Waals surface area contributed by atoms with Gasteiger partial charge in [0.15, 0.2) is 0 Å². The Morgan fingerprint density at radius 3 is 2.71 bits per heavy atom. The monoisotopic (exact) mass is 230 g/mol. The lowest BCUT2D eigenvalue weighted by Gasteiger charge is -2.08. The molecule has 17 heavy (non-hydrogen) atoms. The summed E-state index contributed by atoms with van der Waals surface area (Å²) < 4.78 is 1.19. The van der Waals surface area contributed by atoms with Crippen LogP contribution in [0.5, 0.6) is 0 Å². The van der Waals surface area contributed by atoms with E-state index in [4.69, 9.17) is 5.11 Å². The van der Waals surface area contributed by atoms with Crippen LogP contribution in [0.25, 0.3) is 0 Å². The number of nitrogens with zero attached hydrogens (tertiary/aromatic N) is 2. The highest BCUT2D eigenvalue weighted by Crippen LogP contribution is 2.01. The summed E-state index contributed by atoms with van der Waals surface area (Å²) in [5.74, 6) is -1.13. The molecule has 5 nitrogen and oxygen atoms in total. The third kappa shape index (κ3) is 2.39. The zero-order valence-electron chi connectivity index (χ0n) is 8.91. The Labute approximate surface area is 97.0 Å². The van der Waals surface area contributed by atoms with Gasteiger partial charge in [0.05, 0.1) is 12.2 Å². The van der Waals surface area contributed by atoms with E-state index in [0.717, 1.165) is 0 Å². The lowest BCUT2D eigenvalue weighted by atomic mass is 10.3. The first-order chi connectivity index (χ1) is 8.18. The second-order valence-corrected chi connectivity index (χ2v) is 3.46. The molecule has 5 heteroatoms. The van der Waals surface area contributed by atoms with Crippen molar-refractivity contribution < 1.29 is 9.90 Å². The minimum atomic E-state index is -1.13. The molecule has 2 rings (SSSR count). The van der Waals surface area contributed by atoms with Crippen molar-refractivity contribution in [3.8, 4) is 0 Å². The number of hydrogen-bond donors (Lipinski definition) is 1. The van der Waals surface area contributed by atoms with E-state index < -0.39 is 5.97 Å². The van der Waals surface area contributed by atoms with Gasteiger partial charge in [0.2, 0.25) is 0 Å². The fraction of sp³-hybridized carbons (Fsp3) is 0.0833. The molecule has 0 amide bonds. The van der Waals surface area contributed by atoms with E-state index in [1.54, 1.807) is 24.4 Å². The summed E-state index contributed by atoms with van der Waals surface area (Å²) in [7, 11) is 0. The Kier molecular flexibility index (Phi) is 3.00. The van der Waals surface area contributed by atoms with Crippen molar-refractivity contribution in [3.63, 3.8) is 0 Å². The maximum absolute atomic E-state index is 11.6. The molecule has 2 heterocycles. The molecule has 0 aliphatic carbocycles. The van der Waals surface area contributed by atoms with Gasteiger partial charge in [0.25, 0.3) is 5.56 Å². The van der Waals surface area contributed by atoms with Crippen LogP contribution in [0.1, 0.15) is 16.2 Å². The van der Waals surface area contributed by atoms with Crippen LogP contribution in [0.2, 0.25) is 0 Å². The van der Waals surface area contributed by atoms with Gasteiger partial charge in [-0.1, -0.05) is 12.1 Å². The first kappa shape index (κ1) is 11.1. The van der Waals surface area contributed by atoms with Gasteiger partial charge in [-0.25, -0.2) is 4.79 Å². The van der Waals surface area contributed by atoms with Crippen LogP contribution in [-0.2, 0) is 6.54 Å². The number of carbonyl (C=O) groups is 1. The number of hydrogen-bond acceptors (Lipinski definition) is 3. The number of aromatic carboxylic acids is 1. The molecule has 86 valence electrons. The second kappa shape index (κ2) is 4.61. The Bertz CT molecular complexity index is 590. The lowest BCUT2D eigenvalue weighted by molar-refractivity contribution is 0.0684. The van der Waals surface area contributed by atoms with E-state index in [2.05, 4.69) is 4.98 Å². The van der Waals surface area contributed by atoms with Crippen LogP contribution in [0.4, 0.5) is 0 Å². The third-order valence-electron chi connectivity index (χ3n) is 2.32. The van der Waals surface area contributed by atoms with Crippen molar-refractivity contribution in [1.82, 2.24) is 9.55 Å². The van der Waals surface area contributed by atoms with E-state index in [0.29, 0.717) is 5.69 Å². The van der Waals surface area contributed by atoms with Gasteiger partial charge < -0.3 is 5.11 Å². The summed E-state index contributed by atoms with van der Waals surface area (Å²) in [4.78, 5) is 26.7. The van der Waals surface area contributed by atoms with E-state index in [-0.39, 0.29) is 17.8 Å². The SMILES string of the molecule is O=C(O)c1cccc(=O)n1Cc1ccccn1. The van der Waals surface area contributed by atoms with Crippen molar-refractivity contribution in [3.05, 3.63) is 64.3 Å². The highest BCUT2D eigenvalue weighted by atomic mass is 16.4. The fourth-order valence-corrected chi connectivity index (χ4v) is 1.52. The van der Waals surface area contributed by atoms with Gasteiger partial charge in [0.1, 0.15) is 5.69 Å². The number of carboxylic acid groups (broad SMARTS) is 1. The number of rotatable bonds is 3. The maximum atomic E-state index is 11.6. The minimum absolute atomic E-state index is 0.0387. The summed E-state index contributed by atoms with van der Waals surface area (Å²) in [5, 5.41) is 8.99. The molecular formula is C12H10N2O3. The molecule has 2 aromatic rings. The van der Waals surface area contributed by atoms with Crippen LogP contribution in [-0.4, -0.2) is 20.6 Å². The van der Waals surface area contributed by atoms with Gasteiger partial charge in [-0.05, 0) is 18.2 Å². The molecule has 2 aromatic heterocycles. The molecule has 0 atom stereocenters. The zero-order chi connectivity index (χ0) is 12.3. The van der Waals surface area contributed by atoms with Crippen LogP contribution in [0, 0.1) is 0 Å². The van der Waals surface area contributed by atoms with Gasteiger partial charge in [-0.15, -0.1) is 0 Å². The molecule has 0 bridgehead atoms. The maximum Gasteiger partial charge on any atom is 0.352 e. The van der Waals surface area contributed by atoms with Gasteiger partial charge in [0, 0.05) is 12.3 Å². The Balaban J connectivity index is 2.45. The molecule has 0 saturated heterocycles. The predicted molar refractivity (Wildman–Crippen MR) is 61.0 cm³/mol. The molecule has 0 aliphatic rings. The number of carboxylic acids is 1. The van der Waals surface area contributed by atoms with Crippen molar-refractivity contribution in [2.45, 2.75) is 6.54 Å². The predicted octanol–water partition coefficient (Wildman–Crippen LogP) is 0.990. The first-order valence-corrected chi connectivity index (χ1v) is 5.01. The quantitative estimate of drug-likeness (QED) is 0.853. The van der Waals surface area contributed by atoms with Gasteiger partial charge >= 0.3 is 5.97 Å². The lowest BCUT2D eigenvalue weighted by Crippen LogP contribution is -2.25. The molecule has 0 aromatic carbocycles. The van der Waals surface area contributed by atoms with E-state index in [1.807, 2.05) is 0 Å². The Hall–Kier alpha value is -2.43. The van der Waals surface area contributed by atoms with Crippen LogP contribution < -0.4 is 5.56 Å². The van der Waals surface area contributed by atoms with Crippen LogP contribution in [0.3, 0.4) is 0 Å². The molecule has 0 spiro atoms. The summed E-state index contributed by atoms with van der Waals surface area (Å²) >= 11 is 0. The number of aromatic nitrogens is 2. The summed E-state index contributed by atoms with van der Waals surface area (Å²) in [6, 6.07) is 9.44. The molecule has 0 radical (unpaired) electrons. The molecule has 1 N–H and O–H groups in total. The average molecular weight is 230 g/mol. The normalized spacial score (nSPS) is 10.1. The molecule has 0 saturated carbocycles. The van der Waals surface area contributed by atoms with Crippen molar-refractivity contribution in [2.24, 2.45) is 0 Å². The van der Waals surface area contributed by atoms with Crippen LogP contribution in [0.15, 0.2) is 47.4 Å². The third-order valence-corrected chi connectivity index (χ3v) is 2.32. The zero-order valence-corrected chi connectivity index (χ0v) is 8.91. The molecule has 0 aliphatic heterocycles. The topological polar surface area (TPSA) is 72.2 Å². The number of pyridine rings is 2. The largest absolute Gasteiger partial charge is 0.477 e. The minimum Gasteiger partial charge on any atom is -0.477 e. The molecular weight excluding hydrogens is 220 g/mol. The second-order valence-electron chi connectivity index (χ2n) is 3.46. The highest BCUT2D eigenvalue weighted by molar-refractivity contribution is 5.85. The average Bonchev–Trinajstić information content (AvgIpc) is 2.33. The van der Waals surface area contributed by atoms with Crippen molar-refractivity contribution in [2.75, 3.05) is 0 Å². The van der Waals surface area contributed by atoms with Crippen LogP contribution >= 0.6 is 0 Å². The standard InChI is InChI=1S/C12H10N2O3/c15-11-6-3-5-10(12(16)17)14(11)8-9-4-1-2-7-13-9/h1-7H,8H2,(H,16,17). The molecule has 0 unspecified atom stereocenters. The molecule has 0 fully saturated rings.